The number of ether oxygens (including phenoxy) is 2. The van der Waals surface area contributed by atoms with Crippen LogP contribution in [-0.2, 0) is 9.47 Å². The number of hydrogen-bond donors (Lipinski definition) is 8. The van der Waals surface area contributed by atoms with E-state index >= 15 is 0 Å². The summed E-state index contributed by atoms with van der Waals surface area (Å²) in [5.74, 6) is -2.99. The van der Waals surface area contributed by atoms with Gasteiger partial charge < -0.3 is 50.3 Å². The molecule has 2 rings (SSSR count). The van der Waals surface area contributed by atoms with Gasteiger partial charge in [0, 0.05) is 12.8 Å². The third-order valence-corrected chi connectivity index (χ3v) is 13.4. The molecule has 0 aromatic heterocycles. The lowest BCUT2D eigenvalue weighted by Crippen LogP contribution is -2.61. The molecule has 4 unspecified atom stereocenters. The highest BCUT2D eigenvalue weighted by Gasteiger charge is 2.50. The van der Waals surface area contributed by atoms with Crippen LogP contribution in [-0.4, -0.2) is 102 Å². The molecule has 2 saturated heterocycles. The largest absolute Gasteiger partial charge is 0.388 e. The first-order valence-corrected chi connectivity index (χ1v) is 25.7. The maximum atomic E-state index is 10.9. The van der Waals surface area contributed by atoms with Gasteiger partial charge in [-0.15, -0.1) is 0 Å². The zero-order chi connectivity index (χ0) is 44.5. The van der Waals surface area contributed by atoms with Crippen molar-refractivity contribution in [3.8, 4) is 0 Å². The SMILES string of the molecule is CCCCCCCCCCC(CCCCCCCC)CC1(O)OC[C@@H](O)[C@H](O)[C@H]1O.CCCCCCCCCCC(CCCCCCCC)CC1(O)OC[C@@H](O)[C@H](O)[C@H]1O. The molecule has 2 fully saturated rings. The Bertz CT molecular complexity index is 884. The molecule has 0 amide bonds. The van der Waals surface area contributed by atoms with Gasteiger partial charge in [0.2, 0.25) is 0 Å². The molecule has 0 saturated carbocycles. The molecule has 60 heavy (non-hydrogen) atoms. The second-order valence-electron chi connectivity index (χ2n) is 19.1. The van der Waals surface area contributed by atoms with Gasteiger partial charge in [-0.2, -0.15) is 0 Å². The van der Waals surface area contributed by atoms with Crippen LogP contribution in [0.5, 0.6) is 0 Å². The first-order chi connectivity index (χ1) is 28.9. The van der Waals surface area contributed by atoms with E-state index in [1.54, 1.807) is 0 Å². The third kappa shape index (κ3) is 25.2. The van der Waals surface area contributed by atoms with Crippen LogP contribution in [0.2, 0.25) is 0 Å². The van der Waals surface area contributed by atoms with E-state index in [4.69, 9.17) is 9.47 Å². The molecule has 10 heteroatoms. The van der Waals surface area contributed by atoms with Crippen LogP contribution in [0.4, 0.5) is 0 Å². The van der Waals surface area contributed by atoms with E-state index in [9.17, 15) is 40.9 Å². The zero-order valence-corrected chi connectivity index (χ0v) is 39.5. The summed E-state index contributed by atoms with van der Waals surface area (Å²) in [6.07, 6.45) is 32.0. The van der Waals surface area contributed by atoms with Gasteiger partial charge in [-0.1, -0.05) is 233 Å². The molecule has 2 heterocycles. The molecule has 0 bridgehead atoms. The molecule has 10 atom stereocenters. The first-order valence-electron chi connectivity index (χ1n) is 25.7. The van der Waals surface area contributed by atoms with Gasteiger partial charge in [-0.3, -0.25) is 0 Å². The Morgan fingerprint density at radius 1 is 0.367 bits per heavy atom. The summed E-state index contributed by atoms with van der Waals surface area (Å²) in [7, 11) is 0. The van der Waals surface area contributed by atoms with Gasteiger partial charge in [-0.25, -0.2) is 0 Å². The molecule has 8 N–H and O–H groups in total. The average molecular weight is 861 g/mol. The first kappa shape index (κ1) is 57.6. The van der Waals surface area contributed by atoms with Crippen molar-refractivity contribution in [3.63, 3.8) is 0 Å². The quantitative estimate of drug-likeness (QED) is 0.0283. The maximum absolute atomic E-state index is 10.9. The van der Waals surface area contributed by atoms with E-state index < -0.39 is 48.2 Å². The second kappa shape index (κ2) is 35.9. The summed E-state index contributed by atoms with van der Waals surface area (Å²) in [6.45, 7) is 8.64. The molecular formula is C50H100O10. The Labute approximate surface area is 368 Å². The van der Waals surface area contributed by atoms with Crippen molar-refractivity contribution in [1.82, 2.24) is 0 Å². The number of aliphatic hydroxyl groups excluding tert-OH is 6. The molecule has 0 aromatic rings. The number of rotatable bonds is 36. The van der Waals surface area contributed by atoms with Crippen LogP contribution in [0, 0.1) is 11.8 Å². The number of unbranched alkanes of at least 4 members (excludes halogenated alkanes) is 24. The summed E-state index contributed by atoms with van der Waals surface area (Å²) in [4.78, 5) is 0. The molecule has 0 aliphatic carbocycles. The van der Waals surface area contributed by atoms with Gasteiger partial charge in [0.15, 0.2) is 11.6 Å². The lowest BCUT2D eigenvalue weighted by atomic mass is 9.84. The molecule has 2 aliphatic rings. The summed E-state index contributed by atoms with van der Waals surface area (Å²) in [6, 6.07) is 0. The fourth-order valence-corrected chi connectivity index (χ4v) is 9.23. The van der Waals surface area contributed by atoms with Gasteiger partial charge in [0.1, 0.15) is 36.6 Å². The molecule has 0 radical (unpaired) electrons. The average Bonchev–Trinajstić information content (AvgIpc) is 3.24. The monoisotopic (exact) mass is 861 g/mol. The topological polar surface area (TPSA) is 180 Å². The van der Waals surface area contributed by atoms with E-state index in [2.05, 4.69) is 27.7 Å². The summed E-state index contributed by atoms with van der Waals surface area (Å²) in [5, 5.41) is 81.7. The lowest BCUT2D eigenvalue weighted by molar-refractivity contribution is -0.327. The van der Waals surface area contributed by atoms with Crippen molar-refractivity contribution in [2.24, 2.45) is 11.8 Å². The molecule has 10 nitrogen and oxygen atoms in total. The normalized spacial score (nSPS) is 28.0. The van der Waals surface area contributed by atoms with Gasteiger partial charge >= 0.3 is 0 Å². The Balaban J connectivity index is 0.000000600. The zero-order valence-electron chi connectivity index (χ0n) is 39.5. The highest BCUT2D eigenvalue weighted by atomic mass is 16.7. The lowest BCUT2D eigenvalue weighted by Gasteiger charge is -2.43. The predicted molar refractivity (Wildman–Crippen MR) is 244 cm³/mol. The molecular weight excluding hydrogens is 761 g/mol. The van der Waals surface area contributed by atoms with Crippen LogP contribution in [0.3, 0.4) is 0 Å². The minimum Gasteiger partial charge on any atom is -0.388 e. The molecule has 2 aliphatic heterocycles. The smallest absolute Gasteiger partial charge is 0.194 e. The van der Waals surface area contributed by atoms with E-state index in [0.29, 0.717) is 12.8 Å². The number of hydrogen-bond acceptors (Lipinski definition) is 10. The van der Waals surface area contributed by atoms with E-state index in [1.165, 1.54) is 154 Å². The summed E-state index contributed by atoms with van der Waals surface area (Å²) in [5.41, 5.74) is 0. The fourth-order valence-electron chi connectivity index (χ4n) is 9.23. The van der Waals surface area contributed by atoms with Crippen LogP contribution in [0.15, 0.2) is 0 Å². The van der Waals surface area contributed by atoms with Crippen molar-refractivity contribution >= 4 is 0 Å². The van der Waals surface area contributed by atoms with Gasteiger partial charge in [0.05, 0.1) is 13.2 Å². The van der Waals surface area contributed by atoms with Crippen LogP contribution in [0.1, 0.15) is 246 Å². The van der Waals surface area contributed by atoms with Crippen molar-refractivity contribution < 1.29 is 50.3 Å². The molecule has 0 spiro atoms. The van der Waals surface area contributed by atoms with Crippen LogP contribution in [0.25, 0.3) is 0 Å². The second-order valence-corrected chi connectivity index (χ2v) is 19.1. The standard InChI is InChI=1S/2C25H50O5/c2*1-3-5-7-9-11-12-14-16-18-21(17-15-13-10-8-6-4-2)19-25(29)24(28)23(27)22(26)20-30-25/h2*21-24,26-29H,3-20H2,1-2H3/t2*21?,22-,23+,24-,25?/m11/s1. The van der Waals surface area contributed by atoms with Crippen molar-refractivity contribution in [2.75, 3.05) is 13.2 Å². The Morgan fingerprint density at radius 3 is 0.817 bits per heavy atom. The van der Waals surface area contributed by atoms with E-state index in [0.717, 1.165) is 51.4 Å². The highest BCUT2D eigenvalue weighted by molar-refractivity contribution is 4.94. The third-order valence-electron chi connectivity index (χ3n) is 13.4. The Hall–Kier alpha value is -0.400. The van der Waals surface area contributed by atoms with Crippen LogP contribution >= 0.6 is 0 Å². The highest BCUT2D eigenvalue weighted by Crippen LogP contribution is 2.36. The molecule has 360 valence electrons. The van der Waals surface area contributed by atoms with E-state index in [1.807, 2.05) is 0 Å². The van der Waals surface area contributed by atoms with Gasteiger partial charge in [0.25, 0.3) is 0 Å². The van der Waals surface area contributed by atoms with Crippen molar-refractivity contribution in [1.29, 1.82) is 0 Å². The van der Waals surface area contributed by atoms with Gasteiger partial charge in [-0.05, 0) is 11.8 Å². The number of aliphatic hydroxyl groups is 8. The van der Waals surface area contributed by atoms with Crippen LogP contribution < -0.4 is 0 Å². The predicted octanol–water partition coefficient (Wildman–Crippen LogP) is 10.2. The maximum Gasteiger partial charge on any atom is 0.194 e. The Morgan fingerprint density at radius 2 is 0.583 bits per heavy atom. The fraction of sp³-hybridized carbons (Fsp3) is 1.00. The minimum atomic E-state index is -1.76. The summed E-state index contributed by atoms with van der Waals surface area (Å²) >= 11 is 0. The van der Waals surface area contributed by atoms with E-state index in [-0.39, 0.29) is 25.0 Å². The Kier molecular flexibility index (Phi) is 34.5. The summed E-state index contributed by atoms with van der Waals surface area (Å²) < 4.78 is 10.9. The van der Waals surface area contributed by atoms with Crippen molar-refractivity contribution in [2.45, 2.75) is 294 Å². The minimum absolute atomic E-state index is 0.143. The molecule has 0 aromatic carbocycles. The van der Waals surface area contributed by atoms with Crippen molar-refractivity contribution in [3.05, 3.63) is 0 Å².